The van der Waals surface area contributed by atoms with Crippen molar-refractivity contribution in [3.05, 3.63) is 28.2 Å². The smallest absolute Gasteiger partial charge is 0.274 e. The average molecular weight is 237 g/mol. The average Bonchev–Trinajstić information content (AvgIpc) is 2.39. The minimum absolute atomic E-state index is 0.100. The Labute approximate surface area is 98.3 Å². The highest BCUT2D eigenvalue weighted by atomic mass is 16.3. The molecule has 2 heterocycles. The third kappa shape index (κ3) is 2.71. The molecule has 92 valence electrons. The monoisotopic (exact) mass is 237 g/mol. The minimum atomic E-state index is -0.326. The first-order valence-corrected chi connectivity index (χ1v) is 5.66. The van der Waals surface area contributed by atoms with E-state index in [1.54, 1.807) is 4.90 Å². The van der Waals surface area contributed by atoms with Crippen LogP contribution in [0, 0.1) is 5.92 Å². The second-order valence-electron chi connectivity index (χ2n) is 4.25. The Bertz CT molecular complexity index is 437. The first-order valence-electron chi connectivity index (χ1n) is 5.66. The van der Waals surface area contributed by atoms with Gasteiger partial charge >= 0.3 is 0 Å². The lowest BCUT2D eigenvalue weighted by molar-refractivity contribution is 0.0613. The maximum absolute atomic E-state index is 12.0. The standard InChI is InChI=1S/C11H15N3O3/c15-7-8-2-1-5-14(6-8)11(17)9-3-4-10(16)13-12-9/h3-4,8,15H,1-2,5-7H2,(H,13,16). The van der Waals surface area contributed by atoms with Gasteiger partial charge in [-0.15, -0.1) is 0 Å². The number of likely N-dealkylation sites (tertiary alicyclic amines) is 1. The fraction of sp³-hybridized carbons (Fsp3) is 0.545. The molecule has 1 atom stereocenters. The van der Waals surface area contributed by atoms with E-state index in [-0.39, 0.29) is 29.7 Å². The van der Waals surface area contributed by atoms with E-state index in [4.69, 9.17) is 5.11 Å². The predicted octanol–water partition coefficient (Wildman–Crippen LogP) is -0.386. The number of amides is 1. The Morgan fingerprint density at radius 1 is 1.59 bits per heavy atom. The van der Waals surface area contributed by atoms with Crippen molar-refractivity contribution < 1.29 is 9.90 Å². The molecule has 6 nitrogen and oxygen atoms in total. The van der Waals surface area contributed by atoms with Gasteiger partial charge in [0.1, 0.15) is 5.69 Å². The van der Waals surface area contributed by atoms with Gasteiger partial charge in [-0.05, 0) is 24.8 Å². The van der Waals surface area contributed by atoms with Crippen molar-refractivity contribution in [1.82, 2.24) is 15.1 Å². The molecule has 1 fully saturated rings. The lowest BCUT2D eigenvalue weighted by Gasteiger charge is -2.31. The summed E-state index contributed by atoms with van der Waals surface area (Å²) in [4.78, 5) is 24.5. The van der Waals surface area contributed by atoms with Gasteiger partial charge < -0.3 is 10.0 Å². The molecule has 1 aliphatic rings. The first kappa shape index (κ1) is 11.8. The highest BCUT2D eigenvalue weighted by Crippen LogP contribution is 2.17. The lowest BCUT2D eigenvalue weighted by Crippen LogP contribution is -2.41. The van der Waals surface area contributed by atoms with E-state index in [9.17, 15) is 9.59 Å². The Balaban J connectivity index is 2.09. The number of carbonyl (C=O) groups excluding carboxylic acids is 1. The van der Waals surface area contributed by atoms with Crippen molar-refractivity contribution in [2.24, 2.45) is 5.92 Å². The Kier molecular flexibility index (Phi) is 3.53. The Hall–Kier alpha value is -1.69. The molecule has 1 unspecified atom stereocenters. The van der Waals surface area contributed by atoms with E-state index in [0.29, 0.717) is 13.1 Å². The number of nitrogens with one attached hydrogen (secondary N) is 1. The Morgan fingerprint density at radius 2 is 2.41 bits per heavy atom. The van der Waals surface area contributed by atoms with Gasteiger partial charge in [-0.25, -0.2) is 5.10 Å². The van der Waals surface area contributed by atoms with Crippen LogP contribution in [0.2, 0.25) is 0 Å². The van der Waals surface area contributed by atoms with Gasteiger partial charge in [-0.3, -0.25) is 9.59 Å². The van der Waals surface area contributed by atoms with Gasteiger partial charge in [0.2, 0.25) is 0 Å². The van der Waals surface area contributed by atoms with Crippen LogP contribution in [0.1, 0.15) is 23.3 Å². The molecule has 1 aliphatic heterocycles. The van der Waals surface area contributed by atoms with Crippen molar-refractivity contribution in [2.75, 3.05) is 19.7 Å². The van der Waals surface area contributed by atoms with Crippen molar-refractivity contribution in [3.63, 3.8) is 0 Å². The summed E-state index contributed by atoms with van der Waals surface area (Å²) in [5, 5.41) is 15.1. The number of aliphatic hydroxyl groups excluding tert-OH is 1. The second kappa shape index (κ2) is 5.09. The number of piperidine rings is 1. The third-order valence-electron chi connectivity index (χ3n) is 2.96. The molecule has 6 heteroatoms. The zero-order valence-electron chi connectivity index (χ0n) is 9.43. The zero-order chi connectivity index (χ0) is 12.3. The number of hydrogen-bond acceptors (Lipinski definition) is 4. The summed E-state index contributed by atoms with van der Waals surface area (Å²) in [5.74, 6) is -0.0464. The van der Waals surface area contributed by atoms with Crippen LogP contribution in [0.25, 0.3) is 0 Å². The fourth-order valence-electron chi connectivity index (χ4n) is 2.02. The molecule has 0 aromatic carbocycles. The second-order valence-corrected chi connectivity index (χ2v) is 4.25. The number of carbonyl (C=O) groups is 1. The summed E-state index contributed by atoms with van der Waals surface area (Å²) >= 11 is 0. The van der Waals surface area contributed by atoms with E-state index in [2.05, 4.69) is 10.2 Å². The summed E-state index contributed by atoms with van der Waals surface area (Å²) in [6.07, 6.45) is 1.83. The number of H-pyrrole nitrogens is 1. The molecule has 0 saturated carbocycles. The van der Waals surface area contributed by atoms with Gasteiger partial charge in [-0.1, -0.05) is 0 Å². The number of aromatic nitrogens is 2. The number of aliphatic hydroxyl groups is 1. The lowest BCUT2D eigenvalue weighted by atomic mass is 9.99. The van der Waals surface area contributed by atoms with Gasteiger partial charge in [0, 0.05) is 25.8 Å². The SMILES string of the molecule is O=C(c1ccc(=O)[nH]n1)N1CCCC(CO)C1. The maximum Gasteiger partial charge on any atom is 0.274 e. The molecule has 1 aromatic heterocycles. The number of rotatable bonds is 2. The van der Waals surface area contributed by atoms with Gasteiger partial charge in [0.15, 0.2) is 0 Å². The quantitative estimate of drug-likeness (QED) is 0.733. The maximum atomic E-state index is 12.0. The van der Waals surface area contributed by atoms with Crippen molar-refractivity contribution in [1.29, 1.82) is 0 Å². The zero-order valence-corrected chi connectivity index (χ0v) is 9.43. The van der Waals surface area contributed by atoms with E-state index >= 15 is 0 Å². The summed E-state index contributed by atoms with van der Waals surface area (Å²) in [5.41, 5.74) is -0.0865. The molecule has 0 bridgehead atoms. The van der Waals surface area contributed by atoms with Crippen molar-refractivity contribution in [3.8, 4) is 0 Å². The molecular weight excluding hydrogens is 222 g/mol. The van der Waals surface area contributed by atoms with Gasteiger partial charge in [0.05, 0.1) is 0 Å². The van der Waals surface area contributed by atoms with Gasteiger partial charge in [0.25, 0.3) is 11.5 Å². The van der Waals surface area contributed by atoms with Crippen LogP contribution >= 0.6 is 0 Å². The van der Waals surface area contributed by atoms with E-state index in [1.165, 1.54) is 12.1 Å². The molecule has 0 radical (unpaired) electrons. The Morgan fingerprint density at radius 3 is 3.06 bits per heavy atom. The molecule has 1 aromatic rings. The van der Waals surface area contributed by atoms with E-state index in [0.717, 1.165) is 12.8 Å². The fourth-order valence-corrected chi connectivity index (χ4v) is 2.02. The largest absolute Gasteiger partial charge is 0.396 e. The first-order chi connectivity index (χ1) is 8.20. The minimum Gasteiger partial charge on any atom is -0.396 e. The molecule has 2 rings (SSSR count). The number of hydrogen-bond donors (Lipinski definition) is 2. The number of aromatic amines is 1. The van der Waals surface area contributed by atoms with Crippen LogP contribution in [-0.2, 0) is 0 Å². The molecule has 1 saturated heterocycles. The van der Waals surface area contributed by atoms with Crippen LogP contribution in [-0.4, -0.2) is 45.8 Å². The van der Waals surface area contributed by atoms with E-state index in [1.807, 2.05) is 0 Å². The predicted molar refractivity (Wildman–Crippen MR) is 60.6 cm³/mol. The van der Waals surface area contributed by atoms with Crippen LogP contribution < -0.4 is 5.56 Å². The van der Waals surface area contributed by atoms with E-state index < -0.39 is 0 Å². The van der Waals surface area contributed by atoms with Gasteiger partial charge in [-0.2, -0.15) is 5.10 Å². The topological polar surface area (TPSA) is 86.3 Å². The van der Waals surface area contributed by atoms with Crippen molar-refractivity contribution in [2.45, 2.75) is 12.8 Å². The summed E-state index contributed by atoms with van der Waals surface area (Å²) in [7, 11) is 0. The highest BCUT2D eigenvalue weighted by molar-refractivity contribution is 5.92. The van der Waals surface area contributed by atoms with Crippen LogP contribution in [0.3, 0.4) is 0 Å². The summed E-state index contributed by atoms with van der Waals surface area (Å²) in [6.45, 7) is 1.33. The van der Waals surface area contributed by atoms with Crippen molar-refractivity contribution >= 4 is 5.91 Å². The number of nitrogens with zero attached hydrogens (tertiary/aromatic N) is 2. The summed E-state index contributed by atoms with van der Waals surface area (Å²) < 4.78 is 0. The molecule has 1 amide bonds. The molecule has 2 N–H and O–H groups in total. The molecular formula is C11H15N3O3. The normalized spacial score (nSPS) is 20.3. The third-order valence-corrected chi connectivity index (χ3v) is 2.96. The highest BCUT2D eigenvalue weighted by Gasteiger charge is 2.24. The molecule has 17 heavy (non-hydrogen) atoms. The summed E-state index contributed by atoms with van der Waals surface area (Å²) in [6, 6.07) is 2.71. The van der Waals surface area contributed by atoms with Crippen LogP contribution in [0.5, 0.6) is 0 Å². The van der Waals surface area contributed by atoms with Crippen LogP contribution in [0.15, 0.2) is 16.9 Å². The van der Waals surface area contributed by atoms with Crippen LogP contribution in [0.4, 0.5) is 0 Å². The molecule has 0 aliphatic carbocycles. The molecule has 0 spiro atoms.